The van der Waals surface area contributed by atoms with Crippen molar-refractivity contribution in [3.63, 3.8) is 0 Å². The highest BCUT2D eigenvalue weighted by molar-refractivity contribution is 6.31. The molecule has 1 atom stereocenters. The van der Waals surface area contributed by atoms with Gasteiger partial charge in [-0.1, -0.05) is 53.4 Å². The number of aromatic nitrogens is 6. The van der Waals surface area contributed by atoms with Gasteiger partial charge in [-0.15, -0.1) is 5.10 Å². The van der Waals surface area contributed by atoms with Gasteiger partial charge < -0.3 is 14.9 Å². The van der Waals surface area contributed by atoms with Gasteiger partial charge >= 0.3 is 6.09 Å². The summed E-state index contributed by atoms with van der Waals surface area (Å²) >= 11 is 12.3. The number of halogens is 2. The Morgan fingerprint density at radius 2 is 1.95 bits per heavy atom. The van der Waals surface area contributed by atoms with Crippen LogP contribution in [0.1, 0.15) is 36.7 Å². The van der Waals surface area contributed by atoms with Crippen LogP contribution in [-0.2, 0) is 4.74 Å². The molecule has 1 amide bonds. The number of nitrogens with zero attached hydrogens (tertiary/aromatic N) is 5. The summed E-state index contributed by atoms with van der Waals surface area (Å²) in [5.74, 6) is 1.06. The van der Waals surface area contributed by atoms with Crippen molar-refractivity contribution in [3.05, 3.63) is 100 Å². The van der Waals surface area contributed by atoms with Crippen LogP contribution in [0, 0.1) is 11.1 Å². The van der Waals surface area contributed by atoms with E-state index in [4.69, 9.17) is 23.2 Å². The van der Waals surface area contributed by atoms with Gasteiger partial charge in [-0.05, 0) is 54.3 Å². The Hall–Kier alpha value is -4.41. The summed E-state index contributed by atoms with van der Waals surface area (Å²) in [6, 6.07) is 16.4. The van der Waals surface area contributed by atoms with E-state index in [1.807, 2.05) is 30.3 Å². The molecule has 2 aromatic carbocycles. The van der Waals surface area contributed by atoms with E-state index in [0.29, 0.717) is 33.6 Å². The maximum absolute atomic E-state index is 13.5. The highest BCUT2D eigenvalue weighted by Crippen LogP contribution is 2.41. The highest BCUT2D eigenvalue weighted by atomic mass is 35.5. The minimum atomic E-state index is -0.532. The molecule has 41 heavy (non-hydrogen) atoms. The molecule has 6 rings (SSSR count). The lowest BCUT2D eigenvalue weighted by Gasteiger charge is -2.16. The van der Waals surface area contributed by atoms with E-state index < -0.39 is 6.09 Å². The average Bonchev–Trinajstić information content (AvgIpc) is 3.47. The summed E-state index contributed by atoms with van der Waals surface area (Å²) in [6.45, 7) is 0. The number of ether oxygens (including phenoxy) is 1. The first-order valence-electron chi connectivity index (χ1n) is 13.0. The number of benzene rings is 2. The molecule has 3 heterocycles. The Morgan fingerprint density at radius 1 is 1.17 bits per heavy atom. The smallest absolute Gasteiger partial charge is 0.411 e. The zero-order valence-corrected chi connectivity index (χ0v) is 23.4. The Labute approximate surface area is 245 Å². The second kappa shape index (κ2) is 11.2. The predicted molar refractivity (Wildman–Crippen MR) is 155 cm³/mol. The van der Waals surface area contributed by atoms with E-state index in [2.05, 4.69) is 30.3 Å². The van der Waals surface area contributed by atoms with E-state index in [0.717, 1.165) is 46.6 Å². The fourth-order valence-electron chi connectivity index (χ4n) is 4.84. The van der Waals surface area contributed by atoms with Crippen LogP contribution in [0.25, 0.3) is 28.1 Å². The number of aromatic amines is 1. The lowest BCUT2D eigenvalue weighted by molar-refractivity contribution is -0.614. The number of anilines is 1. The summed E-state index contributed by atoms with van der Waals surface area (Å²) in [5.41, 5.74) is 5.03. The van der Waals surface area contributed by atoms with Crippen molar-refractivity contribution in [3.8, 4) is 28.1 Å². The molecule has 0 spiro atoms. The molecule has 1 aliphatic carbocycles. The van der Waals surface area contributed by atoms with Crippen molar-refractivity contribution < 1.29 is 14.3 Å². The highest BCUT2D eigenvalue weighted by Gasteiger charge is 2.33. The van der Waals surface area contributed by atoms with Crippen LogP contribution in [0.5, 0.6) is 0 Å². The number of H-pyrrole nitrogens is 1. The van der Waals surface area contributed by atoms with Crippen LogP contribution in [0.15, 0.2) is 73.2 Å². The molecule has 0 saturated heterocycles. The second-order valence-electron chi connectivity index (χ2n) is 9.92. The third-order valence-electron chi connectivity index (χ3n) is 7.10. The Morgan fingerprint density at radius 3 is 2.63 bits per heavy atom. The predicted octanol–water partition coefficient (Wildman–Crippen LogP) is 6.37. The first-order valence-corrected chi connectivity index (χ1v) is 13.7. The number of rotatable bonds is 8. The fourth-order valence-corrected chi connectivity index (χ4v) is 5.14. The fraction of sp³-hybridized carbons (Fsp3) is 0.207. The number of hydrogen-bond donors (Lipinski definition) is 2. The van der Waals surface area contributed by atoms with Crippen molar-refractivity contribution in [1.29, 1.82) is 0 Å². The van der Waals surface area contributed by atoms with E-state index in [1.165, 1.54) is 7.11 Å². The van der Waals surface area contributed by atoms with Crippen LogP contribution >= 0.6 is 23.2 Å². The van der Waals surface area contributed by atoms with E-state index in [1.54, 1.807) is 47.5 Å². The normalized spacial score (nSPS) is 13.6. The van der Waals surface area contributed by atoms with Gasteiger partial charge in [0.2, 0.25) is 5.69 Å². The lowest BCUT2D eigenvalue weighted by Crippen LogP contribution is -2.34. The van der Waals surface area contributed by atoms with Gasteiger partial charge in [0.1, 0.15) is 11.7 Å². The van der Waals surface area contributed by atoms with E-state index >= 15 is 0 Å². The maximum Gasteiger partial charge on any atom is 0.411 e. The Balaban J connectivity index is 1.31. The standard InChI is InChI=1S/C29H25Cl2N7O3/c1-41-29(39)33-21-8-4-18(5-9-21)24-14-32-28(34-24)23(12-17-2-3-17)26-10-6-19(15-38(26)40)22-13-20(30)7-11-25(22)37-16-27(31)35-36-37/h4-11,13-17,23H,2-3,12H2,1H3,(H,32,34)(H,33,39). The van der Waals surface area contributed by atoms with Crippen molar-refractivity contribution in [2.24, 2.45) is 5.92 Å². The molecular weight excluding hydrogens is 565 g/mol. The first kappa shape index (κ1) is 26.8. The number of carbonyl (C=O) groups is 1. The van der Waals surface area contributed by atoms with E-state index in [-0.39, 0.29) is 11.1 Å². The second-order valence-corrected chi connectivity index (χ2v) is 10.7. The number of amides is 1. The first-order chi connectivity index (χ1) is 19.9. The molecule has 1 fully saturated rings. The summed E-state index contributed by atoms with van der Waals surface area (Å²) in [7, 11) is 1.32. The summed E-state index contributed by atoms with van der Waals surface area (Å²) in [4.78, 5) is 19.6. The van der Waals surface area contributed by atoms with Crippen LogP contribution in [0.4, 0.5) is 10.5 Å². The third-order valence-corrected chi connectivity index (χ3v) is 7.51. The number of nitrogens with one attached hydrogen (secondary N) is 2. The molecule has 10 nitrogen and oxygen atoms in total. The van der Waals surface area contributed by atoms with Gasteiger partial charge in [-0.25, -0.2) is 14.5 Å². The Bertz CT molecular complexity index is 1710. The molecule has 2 N–H and O–H groups in total. The van der Waals surface area contributed by atoms with Gasteiger partial charge in [0.05, 0.1) is 30.9 Å². The molecule has 1 aliphatic rings. The van der Waals surface area contributed by atoms with Crippen LogP contribution < -0.4 is 10.0 Å². The number of carbonyl (C=O) groups excluding carboxylic acids is 1. The zero-order valence-electron chi connectivity index (χ0n) is 21.9. The molecule has 0 aliphatic heterocycles. The summed E-state index contributed by atoms with van der Waals surface area (Å²) < 4.78 is 7.11. The molecule has 1 unspecified atom stereocenters. The van der Waals surface area contributed by atoms with Crippen LogP contribution in [0.2, 0.25) is 10.2 Å². The molecular formula is C29H25Cl2N7O3. The number of imidazole rings is 1. The monoisotopic (exact) mass is 589 g/mol. The largest absolute Gasteiger partial charge is 0.618 e. The third kappa shape index (κ3) is 5.89. The number of methoxy groups -OCH3 is 1. The van der Waals surface area contributed by atoms with Gasteiger partial charge in [-0.3, -0.25) is 5.32 Å². The number of pyridine rings is 1. The molecule has 1 saturated carbocycles. The SMILES string of the molecule is COC(=O)Nc1ccc(-c2cnc(C(CC3CC3)c3ccc(-c4cc(Cl)ccc4-n4cc(Cl)nn4)c[n+]3[O-])[nH]2)cc1. The summed E-state index contributed by atoms with van der Waals surface area (Å²) in [6.07, 6.45) is 7.48. The van der Waals surface area contributed by atoms with Crippen molar-refractivity contribution in [2.75, 3.05) is 12.4 Å². The van der Waals surface area contributed by atoms with Gasteiger partial charge in [0, 0.05) is 27.9 Å². The lowest BCUT2D eigenvalue weighted by atomic mass is 9.95. The van der Waals surface area contributed by atoms with Crippen LogP contribution in [-0.4, -0.2) is 38.2 Å². The Kier molecular flexibility index (Phi) is 7.34. The van der Waals surface area contributed by atoms with Crippen LogP contribution in [0.3, 0.4) is 0 Å². The molecule has 5 aromatic rings. The minimum absolute atomic E-state index is 0.212. The maximum atomic E-state index is 13.5. The average molecular weight is 590 g/mol. The summed E-state index contributed by atoms with van der Waals surface area (Å²) in [5, 5.41) is 24.9. The van der Waals surface area contributed by atoms with E-state index in [9.17, 15) is 10.0 Å². The van der Waals surface area contributed by atoms with Crippen molar-refractivity contribution in [1.82, 2.24) is 25.0 Å². The quantitative estimate of drug-likeness (QED) is 0.160. The van der Waals surface area contributed by atoms with Crippen molar-refractivity contribution in [2.45, 2.75) is 25.2 Å². The molecule has 3 aromatic heterocycles. The molecule has 208 valence electrons. The zero-order chi connectivity index (χ0) is 28.5. The van der Waals surface area contributed by atoms with Crippen molar-refractivity contribution >= 4 is 35.0 Å². The van der Waals surface area contributed by atoms with Gasteiger partial charge in [0.25, 0.3) is 0 Å². The van der Waals surface area contributed by atoms with Gasteiger partial charge in [-0.2, -0.15) is 4.73 Å². The molecule has 12 heteroatoms. The topological polar surface area (TPSA) is 125 Å². The molecule has 0 bridgehead atoms. The number of hydrogen-bond acceptors (Lipinski definition) is 6. The molecule has 0 radical (unpaired) electrons. The van der Waals surface area contributed by atoms with Gasteiger partial charge in [0.15, 0.2) is 11.3 Å². The minimum Gasteiger partial charge on any atom is -0.618 e.